The predicted octanol–water partition coefficient (Wildman–Crippen LogP) is 0.858. The first-order valence-corrected chi connectivity index (χ1v) is 5.55. The minimum absolute atomic E-state index is 0.0762. The highest BCUT2D eigenvalue weighted by Gasteiger charge is 2.21. The zero-order valence-corrected chi connectivity index (χ0v) is 11.1. The van der Waals surface area contributed by atoms with E-state index in [-0.39, 0.29) is 24.7 Å². The van der Waals surface area contributed by atoms with Crippen molar-refractivity contribution >= 4 is 11.9 Å². The van der Waals surface area contributed by atoms with Gasteiger partial charge in [0.2, 0.25) is 0 Å². The van der Waals surface area contributed by atoms with Gasteiger partial charge < -0.3 is 19.3 Å². The number of rotatable bonds is 8. The molecule has 0 aromatic heterocycles. The van der Waals surface area contributed by atoms with Gasteiger partial charge in [0.15, 0.2) is 0 Å². The topological polar surface area (TPSA) is 82.1 Å². The summed E-state index contributed by atoms with van der Waals surface area (Å²) in [6.45, 7) is 3.86. The van der Waals surface area contributed by atoms with Crippen molar-refractivity contribution in [2.75, 3.05) is 27.4 Å². The van der Waals surface area contributed by atoms with Gasteiger partial charge in [0.1, 0.15) is 6.10 Å². The van der Waals surface area contributed by atoms with Gasteiger partial charge in [-0.25, -0.2) is 9.59 Å². The van der Waals surface area contributed by atoms with Crippen LogP contribution in [0.5, 0.6) is 0 Å². The Kier molecular flexibility index (Phi) is 7.98. The largest absolute Gasteiger partial charge is 0.478 e. The minimum Gasteiger partial charge on any atom is -0.478 e. The summed E-state index contributed by atoms with van der Waals surface area (Å²) in [6.07, 6.45) is 0.417. The van der Waals surface area contributed by atoms with Crippen molar-refractivity contribution in [1.82, 2.24) is 0 Å². The fraction of sp³-hybridized carbons (Fsp3) is 0.667. The van der Waals surface area contributed by atoms with Crippen LogP contribution in [0.4, 0.5) is 0 Å². The maximum absolute atomic E-state index is 11.8. The molecule has 0 aromatic carbocycles. The summed E-state index contributed by atoms with van der Waals surface area (Å²) in [5, 5.41) is 8.74. The van der Waals surface area contributed by atoms with Crippen LogP contribution >= 0.6 is 0 Å². The predicted molar refractivity (Wildman–Crippen MR) is 64.2 cm³/mol. The molecule has 0 fully saturated rings. The number of carboxylic acids is 1. The molecule has 2 unspecified atom stereocenters. The second-order valence-corrected chi connectivity index (χ2v) is 3.97. The van der Waals surface area contributed by atoms with Crippen LogP contribution < -0.4 is 0 Å². The van der Waals surface area contributed by atoms with Gasteiger partial charge in [0, 0.05) is 31.8 Å². The number of carbonyl (C=O) groups excluding carboxylic acids is 1. The van der Waals surface area contributed by atoms with Crippen LogP contribution in [0.2, 0.25) is 0 Å². The van der Waals surface area contributed by atoms with Gasteiger partial charge in [-0.1, -0.05) is 6.92 Å². The highest BCUT2D eigenvalue weighted by Crippen LogP contribution is 2.14. The molecule has 0 aromatic rings. The molecule has 0 saturated heterocycles. The van der Waals surface area contributed by atoms with Crippen molar-refractivity contribution in [3.05, 3.63) is 11.6 Å². The van der Waals surface area contributed by atoms with Crippen LogP contribution in [-0.2, 0) is 23.8 Å². The van der Waals surface area contributed by atoms with Gasteiger partial charge in [-0.15, -0.1) is 0 Å². The molecule has 0 spiro atoms. The molecular weight excluding hydrogens is 240 g/mol. The third-order valence-electron chi connectivity index (χ3n) is 2.17. The molecule has 0 aliphatic rings. The summed E-state index contributed by atoms with van der Waals surface area (Å²) in [5.41, 5.74) is 0.0762. The molecule has 0 radical (unpaired) electrons. The number of methoxy groups -OCH3 is 2. The summed E-state index contributed by atoms with van der Waals surface area (Å²) >= 11 is 0. The van der Waals surface area contributed by atoms with Crippen molar-refractivity contribution in [3.63, 3.8) is 0 Å². The van der Waals surface area contributed by atoms with Crippen molar-refractivity contribution < 1.29 is 28.9 Å². The highest BCUT2D eigenvalue weighted by atomic mass is 16.6. The Morgan fingerprint density at radius 1 is 1.17 bits per heavy atom. The van der Waals surface area contributed by atoms with E-state index in [1.54, 1.807) is 13.8 Å². The van der Waals surface area contributed by atoms with E-state index in [0.717, 1.165) is 6.08 Å². The molecule has 0 bridgehead atoms. The van der Waals surface area contributed by atoms with Gasteiger partial charge in [0.05, 0.1) is 13.2 Å². The van der Waals surface area contributed by atoms with Crippen LogP contribution in [0.3, 0.4) is 0 Å². The number of hydrogen-bond acceptors (Lipinski definition) is 5. The normalized spacial score (nSPS) is 15.0. The quantitative estimate of drug-likeness (QED) is 0.515. The van der Waals surface area contributed by atoms with Crippen LogP contribution in [-0.4, -0.2) is 50.6 Å². The molecular formula is C12H20O6. The van der Waals surface area contributed by atoms with Gasteiger partial charge in [-0.05, 0) is 6.92 Å². The zero-order chi connectivity index (χ0) is 14.1. The Morgan fingerprint density at radius 2 is 1.72 bits per heavy atom. The van der Waals surface area contributed by atoms with E-state index in [4.69, 9.17) is 19.3 Å². The van der Waals surface area contributed by atoms with Crippen molar-refractivity contribution in [2.24, 2.45) is 5.92 Å². The first-order chi connectivity index (χ1) is 8.42. The minimum atomic E-state index is -1.19. The van der Waals surface area contributed by atoms with E-state index < -0.39 is 18.0 Å². The number of carbonyl (C=O) groups is 2. The Balaban J connectivity index is 4.76. The lowest BCUT2D eigenvalue weighted by Gasteiger charge is -2.17. The molecule has 0 saturated carbocycles. The molecule has 0 aliphatic carbocycles. The Hall–Kier alpha value is -1.40. The third-order valence-corrected chi connectivity index (χ3v) is 2.17. The van der Waals surface area contributed by atoms with Crippen LogP contribution in [0.25, 0.3) is 0 Å². The Labute approximate surface area is 107 Å². The molecule has 104 valence electrons. The van der Waals surface area contributed by atoms with Crippen LogP contribution in [0, 0.1) is 5.92 Å². The van der Waals surface area contributed by atoms with E-state index >= 15 is 0 Å². The van der Waals surface area contributed by atoms with E-state index in [2.05, 4.69) is 0 Å². The lowest BCUT2D eigenvalue weighted by molar-refractivity contribution is -0.147. The molecule has 6 heteroatoms. The maximum Gasteiger partial charge on any atom is 0.334 e. The smallest absolute Gasteiger partial charge is 0.334 e. The van der Waals surface area contributed by atoms with Crippen molar-refractivity contribution in [2.45, 2.75) is 20.0 Å². The van der Waals surface area contributed by atoms with E-state index in [9.17, 15) is 9.59 Å². The van der Waals surface area contributed by atoms with Gasteiger partial charge in [-0.2, -0.15) is 0 Å². The molecule has 1 N–H and O–H groups in total. The van der Waals surface area contributed by atoms with E-state index in [1.807, 2.05) is 0 Å². The molecule has 0 rings (SSSR count). The molecule has 0 amide bonds. The maximum atomic E-state index is 11.8. The fourth-order valence-corrected chi connectivity index (χ4v) is 1.39. The van der Waals surface area contributed by atoms with Crippen molar-refractivity contribution in [3.8, 4) is 0 Å². The monoisotopic (exact) mass is 260 g/mol. The van der Waals surface area contributed by atoms with Crippen LogP contribution in [0.1, 0.15) is 13.8 Å². The second kappa shape index (κ2) is 8.66. The highest BCUT2D eigenvalue weighted by molar-refractivity contribution is 5.96. The number of aliphatic carboxylic acids is 1. The zero-order valence-electron chi connectivity index (χ0n) is 11.1. The summed E-state index contributed by atoms with van der Waals surface area (Å²) in [6, 6.07) is 0. The molecule has 18 heavy (non-hydrogen) atoms. The van der Waals surface area contributed by atoms with Gasteiger partial charge >= 0.3 is 11.9 Å². The molecule has 2 atom stereocenters. The van der Waals surface area contributed by atoms with E-state index in [0.29, 0.717) is 0 Å². The number of ether oxygens (including phenoxy) is 3. The summed E-state index contributed by atoms with van der Waals surface area (Å²) in [5.74, 6) is -2.20. The number of carboxylic acid groups (broad SMARTS) is 1. The van der Waals surface area contributed by atoms with Crippen molar-refractivity contribution in [1.29, 1.82) is 0 Å². The van der Waals surface area contributed by atoms with Gasteiger partial charge in [0.25, 0.3) is 0 Å². The average Bonchev–Trinajstić information content (AvgIpc) is 2.25. The Bertz CT molecular complexity index is 310. The first kappa shape index (κ1) is 16.6. The lowest BCUT2D eigenvalue weighted by Crippen LogP contribution is -2.25. The molecule has 0 heterocycles. The fourth-order valence-electron chi connectivity index (χ4n) is 1.39. The molecule has 6 nitrogen and oxygen atoms in total. The van der Waals surface area contributed by atoms with Crippen LogP contribution in [0.15, 0.2) is 11.6 Å². The number of hydrogen-bond donors (Lipinski definition) is 1. The summed E-state index contributed by atoms with van der Waals surface area (Å²) in [4.78, 5) is 22.5. The van der Waals surface area contributed by atoms with Gasteiger partial charge in [-0.3, -0.25) is 0 Å². The standard InChI is InChI=1S/C12H20O6/c1-8(6-16-3)10(5-11(13)14)12(15)18-9(2)7-17-4/h5,8-9H,6-7H2,1-4H3,(H,13,14). The Morgan fingerprint density at radius 3 is 2.17 bits per heavy atom. The number of esters is 1. The summed E-state index contributed by atoms with van der Waals surface area (Å²) in [7, 11) is 2.97. The lowest BCUT2D eigenvalue weighted by atomic mass is 10.0. The second-order valence-electron chi connectivity index (χ2n) is 3.97. The third kappa shape index (κ3) is 6.36. The summed E-state index contributed by atoms with van der Waals surface area (Å²) < 4.78 is 14.8. The molecule has 0 aliphatic heterocycles. The van der Waals surface area contributed by atoms with E-state index in [1.165, 1.54) is 14.2 Å². The SMILES string of the molecule is COCC(C)OC(=O)C(=CC(=O)O)C(C)COC. The average molecular weight is 260 g/mol. The first-order valence-electron chi connectivity index (χ1n) is 5.55.